The number of aliphatic carboxylic acids is 1. The lowest BCUT2D eigenvalue weighted by Gasteiger charge is -2.25. The summed E-state index contributed by atoms with van der Waals surface area (Å²) in [7, 11) is 0. The van der Waals surface area contributed by atoms with Gasteiger partial charge in [-0.05, 0) is 41.0 Å². The molecule has 0 saturated heterocycles. The van der Waals surface area contributed by atoms with Gasteiger partial charge in [-0.3, -0.25) is 9.59 Å². The number of carbonyl (C=O) groups excluding carboxylic acids is 2. The van der Waals surface area contributed by atoms with Gasteiger partial charge in [0.25, 0.3) is 0 Å². The van der Waals surface area contributed by atoms with Gasteiger partial charge in [-0.25, -0.2) is 4.79 Å². The summed E-state index contributed by atoms with van der Waals surface area (Å²) in [6.07, 6.45) is 2.65. The number of ether oxygens (including phenoxy) is 1. The van der Waals surface area contributed by atoms with Crippen LogP contribution >= 0.6 is 0 Å². The van der Waals surface area contributed by atoms with Gasteiger partial charge in [0.15, 0.2) is 0 Å². The average Bonchev–Trinajstić information content (AvgIpc) is 3.60. The maximum absolute atomic E-state index is 12.7. The van der Waals surface area contributed by atoms with E-state index < -0.39 is 23.4 Å². The van der Waals surface area contributed by atoms with Gasteiger partial charge < -0.3 is 20.5 Å². The van der Waals surface area contributed by atoms with Crippen LogP contribution in [0.15, 0.2) is 48.5 Å². The number of hydrogen-bond acceptors (Lipinski definition) is 4. The van der Waals surface area contributed by atoms with Crippen molar-refractivity contribution in [2.24, 2.45) is 17.3 Å². The molecule has 186 valence electrons. The smallest absolute Gasteiger partial charge is 0.407 e. The van der Waals surface area contributed by atoms with E-state index in [-0.39, 0.29) is 31.5 Å². The van der Waals surface area contributed by atoms with Crippen LogP contribution < -0.4 is 10.6 Å². The van der Waals surface area contributed by atoms with Gasteiger partial charge in [-0.1, -0.05) is 75.2 Å². The molecular weight excluding hydrogens is 444 g/mol. The number of alkyl carbamates (subject to hydrolysis) is 1. The van der Waals surface area contributed by atoms with Gasteiger partial charge in [-0.2, -0.15) is 0 Å². The fourth-order valence-electron chi connectivity index (χ4n) is 4.72. The van der Waals surface area contributed by atoms with E-state index in [2.05, 4.69) is 34.9 Å². The Morgan fingerprint density at radius 1 is 1.00 bits per heavy atom. The number of rotatable bonds is 11. The quantitative estimate of drug-likeness (QED) is 0.439. The minimum atomic E-state index is -0.869. The van der Waals surface area contributed by atoms with Crippen molar-refractivity contribution >= 4 is 18.0 Å². The van der Waals surface area contributed by atoms with Gasteiger partial charge in [0.2, 0.25) is 5.91 Å². The lowest BCUT2D eigenvalue weighted by molar-refractivity contribution is -0.142. The zero-order chi connectivity index (χ0) is 25.0. The highest BCUT2D eigenvalue weighted by atomic mass is 16.5. The van der Waals surface area contributed by atoms with E-state index in [1.807, 2.05) is 24.3 Å². The lowest BCUT2D eigenvalue weighted by atomic mass is 9.88. The molecular formula is C28H34N2O5. The van der Waals surface area contributed by atoms with E-state index in [9.17, 15) is 19.5 Å². The van der Waals surface area contributed by atoms with Crippen molar-refractivity contribution in [3.05, 3.63) is 59.7 Å². The van der Waals surface area contributed by atoms with Crippen molar-refractivity contribution in [1.29, 1.82) is 0 Å². The summed E-state index contributed by atoms with van der Waals surface area (Å²) in [5.74, 6) is -1.17. The Kier molecular flexibility index (Phi) is 7.43. The van der Waals surface area contributed by atoms with Crippen molar-refractivity contribution in [3.8, 4) is 11.1 Å². The Bertz CT molecular complexity index is 1050. The van der Waals surface area contributed by atoms with Gasteiger partial charge in [-0.15, -0.1) is 0 Å². The van der Waals surface area contributed by atoms with Crippen molar-refractivity contribution < 1.29 is 24.2 Å². The fraction of sp³-hybridized carbons (Fsp3) is 0.464. The van der Waals surface area contributed by atoms with Crippen LogP contribution in [-0.4, -0.2) is 42.8 Å². The Labute approximate surface area is 206 Å². The maximum Gasteiger partial charge on any atom is 0.407 e. The van der Waals surface area contributed by atoms with Crippen LogP contribution in [0.25, 0.3) is 11.1 Å². The summed E-state index contributed by atoms with van der Waals surface area (Å²) in [6.45, 7) is 4.23. The largest absolute Gasteiger partial charge is 0.481 e. The summed E-state index contributed by atoms with van der Waals surface area (Å²) in [5.41, 5.74) is 3.90. The van der Waals surface area contributed by atoms with E-state index >= 15 is 0 Å². The third-order valence-electron chi connectivity index (χ3n) is 7.15. The van der Waals surface area contributed by atoms with E-state index in [1.54, 1.807) is 13.8 Å². The van der Waals surface area contributed by atoms with E-state index in [0.29, 0.717) is 18.8 Å². The number of carbonyl (C=O) groups is 3. The number of hydrogen-bond donors (Lipinski definition) is 3. The average molecular weight is 479 g/mol. The molecule has 2 aromatic carbocycles. The van der Waals surface area contributed by atoms with Crippen molar-refractivity contribution in [2.45, 2.75) is 45.4 Å². The van der Waals surface area contributed by atoms with Crippen molar-refractivity contribution in [2.75, 3.05) is 19.7 Å². The molecule has 1 unspecified atom stereocenters. The van der Waals surface area contributed by atoms with Crippen LogP contribution in [0.2, 0.25) is 0 Å². The van der Waals surface area contributed by atoms with Crippen LogP contribution in [0, 0.1) is 17.3 Å². The summed E-state index contributed by atoms with van der Waals surface area (Å²) >= 11 is 0. The molecule has 0 radical (unpaired) electrons. The molecule has 7 nitrogen and oxygen atoms in total. The molecule has 0 bridgehead atoms. The van der Waals surface area contributed by atoms with Crippen molar-refractivity contribution in [3.63, 3.8) is 0 Å². The molecule has 2 aliphatic carbocycles. The predicted octanol–water partition coefficient (Wildman–Crippen LogP) is 4.56. The SMILES string of the molecule is CC(C)(CCNC(=O)OCC1c2ccccc2-c2ccccc21)C(=O)NCC(CC1CC1)C(=O)O. The molecule has 0 aliphatic heterocycles. The fourth-order valence-corrected chi connectivity index (χ4v) is 4.72. The highest BCUT2D eigenvalue weighted by Crippen LogP contribution is 2.44. The number of carboxylic acid groups (broad SMARTS) is 1. The molecule has 1 atom stereocenters. The summed E-state index contributed by atoms with van der Waals surface area (Å²) < 4.78 is 5.55. The summed E-state index contributed by atoms with van der Waals surface area (Å²) in [6, 6.07) is 16.3. The van der Waals surface area contributed by atoms with Crippen LogP contribution in [0.4, 0.5) is 4.79 Å². The van der Waals surface area contributed by atoms with E-state index in [1.165, 1.54) is 11.1 Å². The Morgan fingerprint density at radius 2 is 1.60 bits per heavy atom. The first-order valence-corrected chi connectivity index (χ1v) is 12.4. The van der Waals surface area contributed by atoms with Crippen LogP contribution in [0.5, 0.6) is 0 Å². The highest BCUT2D eigenvalue weighted by molar-refractivity contribution is 5.82. The minimum Gasteiger partial charge on any atom is -0.481 e. The number of amides is 2. The van der Waals surface area contributed by atoms with Crippen LogP contribution in [0.3, 0.4) is 0 Å². The third-order valence-corrected chi connectivity index (χ3v) is 7.15. The first kappa shape index (κ1) is 24.8. The monoisotopic (exact) mass is 478 g/mol. The first-order chi connectivity index (χ1) is 16.8. The molecule has 4 rings (SSSR count). The molecule has 2 amide bonds. The molecule has 0 spiro atoms. The zero-order valence-electron chi connectivity index (χ0n) is 20.4. The third kappa shape index (κ3) is 6.02. The molecule has 7 heteroatoms. The first-order valence-electron chi connectivity index (χ1n) is 12.4. The second kappa shape index (κ2) is 10.5. The van der Waals surface area contributed by atoms with Crippen molar-refractivity contribution in [1.82, 2.24) is 10.6 Å². The van der Waals surface area contributed by atoms with Gasteiger partial charge >= 0.3 is 12.1 Å². The molecule has 0 heterocycles. The standard InChI is InChI=1S/C28H34N2O5/c1-28(2,26(33)30-16-19(25(31)32)15-18-11-12-18)13-14-29-27(34)35-17-24-22-9-5-3-7-20(22)21-8-4-6-10-23(21)24/h3-10,18-19,24H,11-17H2,1-2H3,(H,29,34)(H,30,33)(H,31,32). The topological polar surface area (TPSA) is 105 Å². The molecule has 2 aromatic rings. The summed E-state index contributed by atoms with van der Waals surface area (Å²) in [4.78, 5) is 36.5. The van der Waals surface area contributed by atoms with Gasteiger partial charge in [0.05, 0.1) is 5.92 Å². The number of fused-ring (bicyclic) bond motifs is 3. The molecule has 0 aromatic heterocycles. The summed E-state index contributed by atoms with van der Waals surface area (Å²) in [5, 5.41) is 14.9. The van der Waals surface area contributed by atoms with Crippen LogP contribution in [-0.2, 0) is 14.3 Å². The minimum absolute atomic E-state index is 0.00631. The van der Waals surface area contributed by atoms with Gasteiger partial charge in [0.1, 0.15) is 6.61 Å². The number of benzene rings is 2. The Hall–Kier alpha value is -3.35. The zero-order valence-corrected chi connectivity index (χ0v) is 20.4. The van der Waals surface area contributed by atoms with Gasteiger partial charge in [0, 0.05) is 24.4 Å². The van der Waals surface area contributed by atoms with E-state index in [0.717, 1.165) is 24.0 Å². The second-order valence-electron chi connectivity index (χ2n) is 10.3. The number of carboxylic acids is 1. The molecule has 1 saturated carbocycles. The maximum atomic E-state index is 12.7. The molecule has 3 N–H and O–H groups in total. The normalized spacial score (nSPS) is 15.6. The molecule has 2 aliphatic rings. The number of nitrogens with one attached hydrogen (secondary N) is 2. The second-order valence-corrected chi connectivity index (χ2v) is 10.3. The predicted molar refractivity (Wildman–Crippen MR) is 133 cm³/mol. The molecule has 35 heavy (non-hydrogen) atoms. The Balaban J connectivity index is 1.22. The van der Waals surface area contributed by atoms with E-state index in [4.69, 9.17) is 4.74 Å². The Morgan fingerprint density at radius 3 is 2.17 bits per heavy atom. The van der Waals surface area contributed by atoms with Crippen LogP contribution in [0.1, 0.15) is 56.6 Å². The molecule has 1 fully saturated rings. The lowest BCUT2D eigenvalue weighted by Crippen LogP contribution is -2.42. The highest BCUT2D eigenvalue weighted by Gasteiger charge is 2.32.